The van der Waals surface area contributed by atoms with E-state index in [1.54, 1.807) is 0 Å². The number of methoxy groups -OCH3 is 1. The number of nitrogens with zero attached hydrogens (tertiary/aromatic N) is 3. The SMILES string of the molecule is COC(=O)c1cnc(-c2cnc(N3CCC(F)(F)CC3)c(F)c2)s1. The highest BCUT2D eigenvalue weighted by molar-refractivity contribution is 7.16. The lowest BCUT2D eigenvalue weighted by Gasteiger charge is -2.32. The molecule has 128 valence electrons. The van der Waals surface area contributed by atoms with Crippen LogP contribution in [0.15, 0.2) is 18.5 Å². The van der Waals surface area contributed by atoms with E-state index in [2.05, 4.69) is 14.7 Å². The molecule has 0 aliphatic carbocycles. The van der Waals surface area contributed by atoms with Crippen molar-refractivity contribution >= 4 is 23.1 Å². The van der Waals surface area contributed by atoms with Gasteiger partial charge >= 0.3 is 5.97 Å². The Balaban J connectivity index is 1.80. The molecule has 1 aliphatic rings. The van der Waals surface area contributed by atoms with E-state index < -0.39 is 17.7 Å². The maximum atomic E-state index is 14.3. The first-order valence-electron chi connectivity index (χ1n) is 7.22. The van der Waals surface area contributed by atoms with E-state index >= 15 is 0 Å². The molecule has 0 radical (unpaired) electrons. The average molecular weight is 357 g/mol. The molecule has 24 heavy (non-hydrogen) atoms. The Morgan fingerprint density at radius 1 is 1.29 bits per heavy atom. The predicted octanol–water partition coefficient (Wildman–Crippen LogP) is 3.37. The van der Waals surface area contributed by atoms with Gasteiger partial charge in [-0.25, -0.2) is 27.9 Å². The Hall–Kier alpha value is -2.16. The van der Waals surface area contributed by atoms with Crippen LogP contribution in [0.1, 0.15) is 22.5 Å². The molecule has 9 heteroatoms. The van der Waals surface area contributed by atoms with E-state index in [4.69, 9.17) is 0 Å². The second kappa shape index (κ2) is 6.39. The van der Waals surface area contributed by atoms with Gasteiger partial charge in [0.15, 0.2) is 11.6 Å². The van der Waals surface area contributed by atoms with Crippen LogP contribution in [0.4, 0.5) is 19.0 Å². The fourth-order valence-electron chi connectivity index (χ4n) is 2.43. The van der Waals surface area contributed by atoms with Crippen LogP contribution in [0, 0.1) is 5.82 Å². The molecule has 5 nitrogen and oxygen atoms in total. The van der Waals surface area contributed by atoms with Crippen molar-refractivity contribution in [2.24, 2.45) is 0 Å². The van der Waals surface area contributed by atoms with Gasteiger partial charge in [-0.3, -0.25) is 0 Å². The minimum Gasteiger partial charge on any atom is -0.465 e. The molecule has 0 saturated carbocycles. The highest BCUT2D eigenvalue weighted by atomic mass is 32.1. The fourth-order valence-corrected chi connectivity index (χ4v) is 3.24. The summed E-state index contributed by atoms with van der Waals surface area (Å²) >= 11 is 1.06. The van der Waals surface area contributed by atoms with E-state index in [0.29, 0.717) is 15.4 Å². The summed E-state index contributed by atoms with van der Waals surface area (Å²) in [7, 11) is 1.26. The summed E-state index contributed by atoms with van der Waals surface area (Å²) in [5, 5.41) is 0.429. The zero-order valence-corrected chi connectivity index (χ0v) is 13.6. The number of halogens is 3. The van der Waals surface area contributed by atoms with Gasteiger partial charge in [0.25, 0.3) is 5.92 Å². The molecule has 3 heterocycles. The summed E-state index contributed by atoms with van der Waals surface area (Å²) in [6.45, 7) is 0.111. The number of hydrogen-bond donors (Lipinski definition) is 0. The number of hydrogen-bond acceptors (Lipinski definition) is 6. The number of alkyl halides is 2. The largest absolute Gasteiger partial charge is 0.465 e. The lowest BCUT2D eigenvalue weighted by Crippen LogP contribution is -2.40. The molecule has 1 fully saturated rings. The van der Waals surface area contributed by atoms with Crippen LogP contribution in [0.3, 0.4) is 0 Å². The van der Waals surface area contributed by atoms with Crippen molar-refractivity contribution in [3.8, 4) is 10.6 Å². The highest BCUT2D eigenvalue weighted by Crippen LogP contribution is 2.32. The number of rotatable bonds is 3. The lowest BCUT2D eigenvalue weighted by atomic mass is 10.1. The van der Waals surface area contributed by atoms with Crippen LogP contribution >= 0.6 is 11.3 Å². The molecule has 0 spiro atoms. The molecule has 0 N–H and O–H groups in total. The number of ether oxygens (including phenoxy) is 1. The number of pyridine rings is 1. The summed E-state index contributed by atoms with van der Waals surface area (Å²) in [6.07, 6.45) is 2.14. The minimum absolute atomic E-state index is 0.0546. The highest BCUT2D eigenvalue weighted by Gasteiger charge is 2.35. The Morgan fingerprint density at radius 2 is 2.00 bits per heavy atom. The molecule has 0 bridgehead atoms. The van der Waals surface area contributed by atoms with Crippen molar-refractivity contribution in [1.29, 1.82) is 0 Å². The van der Waals surface area contributed by atoms with Crippen molar-refractivity contribution in [2.75, 3.05) is 25.1 Å². The number of carbonyl (C=O) groups is 1. The maximum absolute atomic E-state index is 14.3. The van der Waals surface area contributed by atoms with Gasteiger partial charge in [-0.05, 0) is 6.07 Å². The Morgan fingerprint density at radius 3 is 2.62 bits per heavy atom. The van der Waals surface area contributed by atoms with Crippen molar-refractivity contribution in [3.63, 3.8) is 0 Å². The van der Waals surface area contributed by atoms with Crippen molar-refractivity contribution in [3.05, 3.63) is 29.2 Å². The number of esters is 1. The fraction of sp³-hybridized carbons (Fsp3) is 0.400. The van der Waals surface area contributed by atoms with E-state index in [9.17, 15) is 18.0 Å². The minimum atomic E-state index is -2.70. The Bertz CT molecular complexity index is 756. The first kappa shape index (κ1) is 16.7. The number of carbonyl (C=O) groups excluding carboxylic acids is 1. The third-order valence-corrected chi connectivity index (χ3v) is 4.78. The summed E-state index contributed by atoms with van der Waals surface area (Å²) in [6, 6.07) is 1.25. The Kier molecular flexibility index (Phi) is 4.44. The summed E-state index contributed by atoms with van der Waals surface area (Å²) in [4.78, 5) is 21.4. The van der Waals surface area contributed by atoms with Gasteiger partial charge in [0, 0.05) is 37.7 Å². The number of piperidine rings is 1. The van der Waals surface area contributed by atoms with Gasteiger partial charge in [0.1, 0.15) is 9.88 Å². The zero-order valence-electron chi connectivity index (χ0n) is 12.8. The molecule has 0 atom stereocenters. The second-order valence-electron chi connectivity index (χ2n) is 5.39. The predicted molar refractivity (Wildman–Crippen MR) is 83.0 cm³/mol. The molecule has 0 unspecified atom stereocenters. The van der Waals surface area contributed by atoms with Crippen LogP contribution in [0.25, 0.3) is 10.6 Å². The van der Waals surface area contributed by atoms with Gasteiger partial charge in [0.05, 0.1) is 13.3 Å². The molecular weight excluding hydrogens is 343 g/mol. The van der Waals surface area contributed by atoms with Crippen molar-refractivity contribution < 1.29 is 22.7 Å². The van der Waals surface area contributed by atoms with Gasteiger partial charge < -0.3 is 9.64 Å². The third kappa shape index (κ3) is 3.35. The van der Waals surface area contributed by atoms with E-state index in [1.165, 1.54) is 30.5 Å². The molecule has 2 aromatic heterocycles. The summed E-state index contributed by atoms with van der Waals surface area (Å²) in [5.74, 6) is -3.76. The van der Waals surface area contributed by atoms with Crippen LogP contribution in [-0.2, 0) is 4.74 Å². The first-order valence-corrected chi connectivity index (χ1v) is 8.04. The number of anilines is 1. The van der Waals surface area contributed by atoms with E-state index in [1.807, 2.05) is 0 Å². The van der Waals surface area contributed by atoms with Crippen LogP contribution < -0.4 is 4.90 Å². The molecule has 3 rings (SSSR count). The molecule has 2 aromatic rings. The van der Waals surface area contributed by atoms with Crippen molar-refractivity contribution in [2.45, 2.75) is 18.8 Å². The normalized spacial score (nSPS) is 16.9. The van der Waals surface area contributed by atoms with Gasteiger partial charge in [-0.1, -0.05) is 0 Å². The third-order valence-electron chi connectivity index (χ3n) is 3.76. The smallest absolute Gasteiger partial charge is 0.349 e. The van der Waals surface area contributed by atoms with Crippen LogP contribution in [0.2, 0.25) is 0 Å². The zero-order chi connectivity index (χ0) is 17.3. The summed E-state index contributed by atoms with van der Waals surface area (Å²) in [5.41, 5.74) is 0.416. The Labute approximate surface area is 140 Å². The molecule has 0 amide bonds. The molecular formula is C15H14F3N3O2S. The second-order valence-corrected chi connectivity index (χ2v) is 6.42. The lowest BCUT2D eigenvalue weighted by molar-refractivity contribution is -0.0222. The molecule has 0 aromatic carbocycles. The van der Waals surface area contributed by atoms with Crippen LogP contribution in [0.5, 0.6) is 0 Å². The molecule has 1 aliphatic heterocycles. The van der Waals surface area contributed by atoms with Gasteiger partial charge in [0.2, 0.25) is 0 Å². The number of thiazole rings is 1. The van der Waals surface area contributed by atoms with E-state index in [-0.39, 0.29) is 31.7 Å². The standard InChI is InChI=1S/C15H14F3N3O2S/c1-23-14(22)11-8-20-13(24-11)9-6-10(16)12(19-7-9)21-4-2-15(17,18)3-5-21/h6-8H,2-5H2,1H3. The van der Waals surface area contributed by atoms with Gasteiger partial charge in [-0.15, -0.1) is 11.3 Å². The first-order chi connectivity index (χ1) is 11.4. The van der Waals surface area contributed by atoms with E-state index in [0.717, 1.165) is 11.3 Å². The molecule has 1 saturated heterocycles. The average Bonchev–Trinajstić information content (AvgIpc) is 3.04. The topological polar surface area (TPSA) is 55.3 Å². The van der Waals surface area contributed by atoms with Gasteiger partial charge in [-0.2, -0.15) is 0 Å². The quantitative estimate of drug-likeness (QED) is 0.789. The monoisotopic (exact) mass is 357 g/mol. The maximum Gasteiger partial charge on any atom is 0.349 e. The summed E-state index contributed by atoms with van der Waals surface area (Å²) < 4.78 is 45.3. The van der Waals surface area contributed by atoms with Crippen LogP contribution in [-0.4, -0.2) is 42.1 Å². The van der Waals surface area contributed by atoms with Crippen molar-refractivity contribution in [1.82, 2.24) is 9.97 Å². The number of aromatic nitrogens is 2.